The fraction of sp³-hybridized carbons (Fsp3) is 0.0938. The summed E-state index contributed by atoms with van der Waals surface area (Å²) in [5.74, 6) is -0.289. The highest BCUT2D eigenvalue weighted by molar-refractivity contribution is 5.99. The van der Waals surface area contributed by atoms with Gasteiger partial charge in [0.2, 0.25) is 5.91 Å². The SMILES string of the molecule is C=CC(=O)Nc1cc(-n2c3c(ccc2=O)CCc2ccc(-c4ccc5ccncc5c4)cc2-3)ccc1C. The van der Waals surface area contributed by atoms with E-state index in [9.17, 15) is 9.59 Å². The monoisotopic (exact) mass is 483 g/mol. The van der Waals surface area contributed by atoms with Gasteiger partial charge in [-0.05, 0) is 89.4 Å². The average Bonchev–Trinajstić information content (AvgIpc) is 2.93. The largest absolute Gasteiger partial charge is 0.322 e. The summed E-state index contributed by atoms with van der Waals surface area (Å²) in [5.41, 5.74) is 8.65. The van der Waals surface area contributed by atoms with Crippen molar-refractivity contribution in [3.05, 3.63) is 125 Å². The molecule has 0 radical (unpaired) electrons. The van der Waals surface area contributed by atoms with E-state index in [0.29, 0.717) is 11.4 Å². The molecule has 2 heterocycles. The number of rotatable bonds is 4. The average molecular weight is 484 g/mol. The highest BCUT2D eigenvalue weighted by Gasteiger charge is 2.22. The minimum atomic E-state index is -0.289. The van der Waals surface area contributed by atoms with Crippen molar-refractivity contribution in [1.82, 2.24) is 9.55 Å². The van der Waals surface area contributed by atoms with Crippen LogP contribution >= 0.6 is 0 Å². The summed E-state index contributed by atoms with van der Waals surface area (Å²) in [5, 5.41) is 5.09. The molecule has 6 rings (SSSR count). The van der Waals surface area contributed by atoms with E-state index in [2.05, 4.69) is 53.3 Å². The second kappa shape index (κ2) is 9.03. The van der Waals surface area contributed by atoms with Gasteiger partial charge in [0.25, 0.3) is 5.56 Å². The molecule has 1 N–H and O–H groups in total. The number of amides is 1. The van der Waals surface area contributed by atoms with Gasteiger partial charge in [-0.15, -0.1) is 0 Å². The van der Waals surface area contributed by atoms with Crippen molar-refractivity contribution in [3.8, 4) is 28.1 Å². The summed E-state index contributed by atoms with van der Waals surface area (Å²) >= 11 is 0. The maximum absolute atomic E-state index is 13.3. The molecule has 0 bridgehead atoms. The standard InChI is InChI=1S/C32H25N3O2/c1-3-30(36)34-29-18-27(12-4-20(29)2)35-31(37)13-11-23-8-6-22-7-10-25(17-28(22)32(23)35)24-9-5-21-14-15-33-19-26(21)16-24/h3-5,7,9-19H,1,6,8H2,2H3,(H,34,36). The van der Waals surface area contributed by atoms with Crippen molar-refractivity contribution in [2.24, 2.45) is 0 Å². The van der Waals surface area contributed by atoms with Gasteiger partial charge in [0.1, 0.15) is 0 Å². The summed E-state index contributed by atoms with van der Waals surface area (Å²) in [6.45, 7) is 5.47. The van der Waals surface area contributed by atoms with Gasteiger partial charge in [-0.1, -0.05) is 43.0 Å². The van der Waals surface area contributed by atoms with Crippen LogP contribution in [0, 0.1) is 6.92 Å². The molecule has 0 aliphatic heterocycles. The molecular weight excluding hydrogens is 458 g/mol. The van der Waals surface area contributed by atoms with Gasteiger partial charge in [-0.2, -0.15) is 0 Å². The number of aromatic nitrogens is 2. The molecule has 2 aromatic heterocycles. The molecule has 1 aliphatic rings. The van der Waals surface area contributed by atoms with Gasteiger partial charge >= 0.3 is 0 Å². The predicted octanol–water partition coefficient (Wildman–Crippen LogP) is 6.25. The number of aryl methyl sites for hydroxylation is 3. The van der Waals surface area contributed by atoms with Crippen molar-refractivity contribution in [3.63, 3.8) is 0 Å². The van der Waals surface area contributed by atoms with Crippen molar-refractivity contribution < 1.29 is 4.79 Å². The molecule has 5 aromatic rings. The topological polar surface area (TPSA) is 64.0 Å². The van der Waals surface area contributed by atoms with Crippen LogP contribution < -0.4 is 10.9 Å². The molecule has 0 unspecified atom stereocenters. The van der Waals surface area contributed by atoms with E-state index in [1.807, 2.05) is 43.5 Å². The van der Waals surface area contributed by atoms with Crippen LogP contribution in [0.2, 0.25) is 0 Å². The lowest BCUT2D eigenvalue weighted by Crippen LogP contribution is -2.23. The molecule has 5 heteroatoms. The number of benzene rings is 3. The number of carbonyl (C=O) groups is 1. The first-order valence-electron chi connectivity index (χ1n) is 12.3. The fourth-order valence-corrected chi connectivity index (χ4v) is 5.13. The highest BCUT2D eigenvalue weighted by Crippen LogP contribution is 2.37. The zero-order valence-corrected chi connectivity index (χ0v) is 20.5. The molecule has 180 valence electrons. The molecule has 5 nitrogen and oxygen atoms in total. The van der Waals surface area contributed by atoms with Gasteiger partial charge in [0, 0.05) is 35.1 Å². The molecule has 0 atom stereocenters. The number of carbonyl (C=O) groups excluding carboxylic acids is 1. The molecule has 37 heavy (non-hydrogen) atoms. The van der Waals surface area contributed by atoms with Crippen LogP contribution in [0.4, 0.5) is 5.69 Å². The maximum Gasteiger partial charge on any atom is 0.255 e. The normalized spacial score (nSPS) is 12.0. The zero-order chi connectivity index (χ0) is 25.5. The van der Waals surface area contributed by atoms with E-state index in [-0.39, 0.29) is 11.5 Å². The second-order valence-corrected chi connectivity index (χ2v) is 9.38. The predicted molar refractivity (Wildman–Crippen MR) is 149 cm³/mol. The third-order valence-corrected chi connectivity index (χ3v) is 7.10. The molecule has 0 saturated heterocycles. The van der Waals surface area contributed by atoms with E-state index < -0.39 is 0 Å². The Morgan fingerprint density at radius 2 is 1.70 bits per heavy atom. The Balaban J connectivity index is 1.53. The minimum Gasteiger partial charge on any atom is -0.322 e. The van der Waals surface area contributed by atoms with Gasteiger partial charge < -0.3 is 5.32 Å². The molecular formula is C32H25N3O2. The van der Waals surface area contributed by atoms with Crippen LogP contribution in [0.25, 0.3) is 38.8 Å². The summed E-state index contributed by atoms with van der Waals surface area (Å²) < 4.78 is 1.77. The second-order valence-electron chi connectivity index (χ2n) is 9.38. The maximum atomic E-state index is 13.3. The van der Waals surface area contributed by atoms with Crippen LogP contribution in [0.5, 0.6) is 0 Å². The Kier molecular flexibility index (Phi) is 5.53. The van der Waals surface area contributed by atoms with Crippen LogP contribution in [-0.2, 0) is 17.6 Å². The first-order valence-corrected chi connectivity index (χ1v) is 12.3. The van der Waals surface area contributed by atoms with Gasteiger partial charge in [-0.3, -0.25) is 19.1 Å². The third kappa shape index (κ3) is 4.04. The number of hydrogen-bond donors (Lipinski definition) is 1. The smallest absolute Gasteiger partial charge is 0.255 e. The first-order chi connectivity index (χ1) is 18.0. The van der Waals surface area contributed by atoms with E-state index in [0.717, 1.165) is 57.1 Å². The van der Waals surface area contributed by atoms with Crippen molar-refractivity contribution in [1.29, 1.82) is 0 Å². The lowest BCUT2D eigenvalue weighted by atomic mass is 9.86. The number of nitrogens with zero attached hydrogens (tertiary/aromatic N) is 2. The lowest BCUT2D eigenvalue weighted by Gasteiger charge is -2.25. The van der Waals surface area contributed by atoms with Crippen molar-refractivity contribution in [2.45, 2.75) is 19.8 Å². The minimum absolute atomic E-state index is 0.112. The first kappa shape index (κ1) is 22.7. The Morgan fingerprint density at radius 3 is 2.57 bits per heavy atom. The van der Waals surface area contributed by atoms with Gasteiger partial charge in [-0.25, -0.2) is 0 Å². The van der Waals surface area contributed by atoms with Crippen LogP contribution in [-0.4, -0.2) is 15.5 Å². The van der Waals surface area contributed by atoms with E-state index in [4.69, 9.17) is 0 Å². The van der Waals surface area contributed by atoms with Gasteiger partial charge in [0.05, 0.1) is 11.4 Å². The molecule has 1 amide bonds. The summed E-state index contributed by atoms with van der Waals surface area (Å²) in [6.07, 6.45) is 6.69. The van der Waals surface area contributed by atoms with Crippen molar-refractivity contribution in [2.75, 3.05) is 5.32 Å². The molecule has 0 spiro atoms. The Labute approximate surface area is 214 Å². The van der Waals surface area contributed by atoms with Crippen molar-refractivity contribution >= 4 is 22.4 Å². The Hall–Kier alpha value is -4.77. The quantitative estimate of drug-likeness (QED) is 0.307. The fourth-order valence-electron chi connectivity index (χ4n) is 5.13. The zero-order valence-electron chi connectivity index (χ0n) is 20.5. The van der Waals surface area contributed by atoms with Gasteiger partial charge in [0.15, 0.2) is 0 Å². The summed E-state index contributed by atoms with van der Waals surface area (Å²) in [6, 6.07) is 24.2. The number of nitrogens with one attached hydrogen (secondary N) is 1. The number of pyridine rings is 2. The Morgan fingerprint density at radius 1 is 0.919 bits per heavy atom. The van der Waals surface area contributed by atoms with Crippen LogP contribution in [0.15, 0.2) is 103 Å². The van der Waals surface area contributed by atoms with E-state index >= 15 is 0 Å². The third-order valence-electron chi connectivity index (χ3n) is 7.10. The Bertz CT molecular complexity index is 1780. The van der Waals surface area contributed by atoms with E-state index in [1.54, 1.807) is 16.8 Å². The van der Waals surface area contributed by atoms with Crippen LogP contribution in [0.1, 0.15) is 16.7 Å². The number of fused-ring (bicyclic) bond motifs is 4. The molecule has 3 aromatic carbocycles. The highest BCUT2D eigenvalue weighted by atomic mass is 16.1. The number of hydrogen-bond acceptors (Lipinski definition) is 3. The summed E-state index contributed by atoms with van der Waals surface area (Å²) in [4.78, 5) is 29.6. The molecule has 0 fully saturated rings. The molecule has 1 aliphatic carbocycles. The number of anilines is 1. The molecule has 0 saturated carbocycles. The van der Waals surface area contributed by atoms with E-state index in [1.165, 1.54) is 11.6 Å². The van der Waals surface area contributed by atoms with Crippen LogP contribution in [0.3, 0.4) is 0 Å². The summed E-state index contributed by atoms with van der Waals surface area (Å²) in [7, 11) is 0. The lowest BCUT2D eigenvalue weighted by molar-refractivity contribution is -0.111.